The van der Waals surface area contributed by atoms with E-state index in [4.69, 9.17) is 0 Å². The summed E-state index contributed by atoms with van der Waals surface area (Å²) in [5.41, 5.74) is 1.64. The Morgan fingerprint density at radius 3 is 2.26 bits per heavy atom. The van der Waals surface area contributed by atoms with Crippen LogP contribution < -0.4 is 10.6 Å². The van der Waals surface area contributed by atoms with Crippen LogP contribution in [0.5, 0.6) is 0 Å². The molecule has 0 aliphatic carbocycles. The van der Waals surface area contributed by atoms with E-state index in [1.54, 1.807) is 19.2 Å². The molecule has 0 saturated carbocycles. The van der Waals surface area contributed by atoms with E-state index < -0.39 is 0 Å². The summed E-state index contributed by atoms with van der Waals surface area (Å²) < 4.78 is 4.68. The van der Waals surface area contributed by atoms with Gasteiger partial charge in [-0.3, -0.25) is 4.99 Å². The summed E-state index contributed by atoms with van der Waals surface area (Å²) in [5, 5.41) is 6.62. The number of hydrogen-bond acceptors (Lipinski definition) is 3. The van der Waals surface area contributed by atoms with Crippen LogP contribution in [0.1, 0.15) is 42.6 Å². The molecule has 23 heavy (non-hydrogen) atoms. The molecule has 1 aromatic carbocycles. The number of hydrogen-bond donors (Lipinski definition) is 2. The lowest BCUT2D eigenvalue weighted by Crippen LogP contribution is -2.39. The van der Waals surface area contributed by atoms with E-state index in [9.17, 15) is 4.79 Å². The molecule has 1 aromatic rings. The summed E-state index contributed by atoms with van der Waals surface area (Å²) in [7, 11) is 3.15. The van der Waals surface area contributed by atoms with Gasteiger partial charge in [-0.25, -0.2) is 4.79 Å². The maximum atomic E-state index is 11.4. The number of rotatable bonds is 7. The SMILES string of the molecule is CCC(CC)CNC(=NC)NCc1ccc(C(=O)OC)cc1.I. The molecule has 0 heterocycles. The van der Waals surface area contributed by atoms with Gasteiger partial charge in [-0.2, -0.15) is 0 Å². The molecule has 6 heteroatoms. The van der Waals surface area contributed by atoms with Crippen LogP contribution in [0.25, 0.3) is 0 Å². The Kier molecular flexibility index (Phi) is 11.5. The molecule has 0 fully saturated rings. The molecular weight excluding hydrogens is 405 g/mol. The van der Waals surface area contributed by atoms with Gasteiger partial charge in [-0.15, -0.1) is 24.0 Å². The van der Waals surface area contributed by atoms with Crippen molar-refractivity contribution in [2.45, 2.75) is 33.2 Å². The largest absolute Gasteiger partial charge is 0.465 e. The molecule has 1 rings (SSSR count). The van der Waals surface area contributed by atoms with E-state index in [-0.39, 0.29) is 29.9 Å². The van der Waals surface area contributed by atoms with Crippen molar-refractivity contribution in [3.05, 3.63) is 35.4 Å². The maximum Gasteiger partial charge on any atom is 0.337 e. The summed E-state index contributed by atoms with van der Waals surface area (Å²) >= 11 is 0. The number of benzene rings is 1. The number of carbonyl (C=O) groups is 1. The van der Waals surface area contributed by atoms with Gasteiger partial charge >= 0.3 is 5.97 Å². The number of esters is 1. The average Bonchev–Trinajstić information content (AvgIpc) is 2.58. The van der Waals surface area contributed by atoms with Gasteiger partial charge in [0, 0.05) is 20.1 Å². The number of nitrogens with zero attached hydrogens (tertiary/aromatic N) is 1. The van der Waals surface area contributed by atoms with Crippen LogP contribution in [0.3, 0.4) is 0 Å². The standard InChI is InChI=1S/C17H27N3O2.HI/c1-5-13(6-2)11-19-17(18-3)20-12-14-7-9-15(10-8-14)16(21)22-4;/h7-10,13H,5-6,11-12H2,1-4H3,(H2,18,19,20);1H. The van der Waals surface area contributed by atoms with Crippen LogP contribution in [0.4, 0.5) is 0 Å². The van der Waals surface area contributed by atoms with Crippen molar-refractivity contribution in [2.24, 2.45) is 10.9 Å². The van der Waals surface area contributed by atoms with Gasteiger partial charge in [-0.1, -0.05) is 38.8 Å². The molecule has 130 valence electrons. The van der Waals surface area contributed by atoms with Crippen molar-refractivity contribution in [2.75, 3.05) is 20.7 Å². The third kappa shape index (κ3) is 7.67. The van der Waals surface area contributed by atoms with Crippen LogP contribution in [-0.2, 0) is 11.3 Å². The fourth-order valence-corrected chi connectivity index (χ4v) is 2.10. The van der Waals surface area contributed by atoms with Crippen LogP contribution in [0.2, 0.25) is 0 Å². The molecule has 0 amide bonds. The smallest absolute Gasteiger partial charge is 0.337 e. The first-order valence-corrected chi connectivity index (χ1v) is 7.76. The summed E-state index contributed by atoms with van der Waals surface area (Å²) in [5.74, 6) is 1.14. The molecule has 0 atom stereocenters. The highest BCUT2D eigenvalue weighted by Crippen LogP contribution is 2.06. The first-order valence-electron chi connectivity index (χ1n) is 7.76. The van der Waals surface area contributed by atoms with Gasteiger partial charge in [0.05, 0.1) is 12.7 Å². The molecule has 2 N–H and O–H groups in total. The molecule has 5 nitrogen and oxygen atoms in total. The topological polar surface area (TPSA) is 62.7 Å². The second kappa shape index (κ2) is 12.2. The van der Waals surface area contributed by atoms with Gasteiger partial charge in [0.1, 0.15) is 0 Å². The van der Waals surface area contributed by atoms with Gasteiger partial charge < -0.3 is 15.4 Å². The van der Waals surface area contributed by atoms with Crippen molar-refractivity contribution in [1.29, 1.82) is 0 Å². The Morgan fingerprint density at radius 2 is 1.78 bits per heavy atom. The highest BCUT2D eigenvalue weighted by molar-refractivity contribution is 14.0. The Labute approximate surface area is 156 Å². The Hall–Kier alpha value is -1.31. The minimum Gasteiger partial charge on any atom is -0.465 e. The zero-order chi connectivity index (χ0) is 16.4. The normalized spacial score (nSPS) is 10.9. The van der Waals surface area contributed by atoms with Crippen LogP contribution in [-0.4, -0.2) is 32.6 Å². The third-order valence-corrected chi connectivity index (χ3v) is 3.77. The molecular formula is C17H28IN3O2. The predicted molar refractivity (Wildman–Crippen MR) is 105 cm³/mol. The number of carbonyl (C=O) groups excluding carboxylic acids is 1. The number of ether oxygens (including phenoxy) is 1. The highest BCUT2D eigenvalue weighted by atomic mass is 127. The molecule has 0 aliphatic heterocycles. The number of aliphatic imine (C=N–C) groups is 1. The maximum absolute atomic E-state index is 11.4. The zero-order valence-electron chi connectivity index (χ0n) is 14.4. The first kappa shape index (κ1) is 21.7. The van der Waals surface area contributed by atoms with Gasteiger partial charge in [-0.05, 0) is 23.6 Å². The molecule has 0 saturated heterocycles. The van der Waals surface area contributed by atoms with Crippen LogP contribution >= 0.6 is 24.0 Å². The summed E-state index contributed by atoms with van der Waals surface area (Å²) in [6.45, 7) is 5.99. The Bertz CT molecular complexity index is 485. The lowest BCUT2D eigenvalue weighted by atomic mass is 10.0. The molecule has 0 radical (unpaired) electrons. The first-order chi connectivity index (χ1) is 10.6. The quantitative estimate of drug-likeness (QED) is 0.300. The summed E-state index contributed by atoms with van der Waals surface area (Å²) in [6, 6.07) is 7.35. The second-order valence-corrected chi connectivity index (χ2v) is 5.18. The molecule has 0 aromatic heterocycles. The summed E-state index contributed by atoms with van der Waals surface area (Å²) in [6.07, 6.45) is 2.32. The Morgan fingerprint density at radius 1 is 1.17 bits per heavy atom. The van der Waals surface area contributed by atoms with Gasteiger partial charge in [0.25, 0.3) is 0 Å². The van der Waals surface area contributed by atoms with E-state index in [0.717, 1.165) is 30.9 Å². The predicted octanol–water partition coefficient (Wildman–Crippen LogP) is 3.19. The molecule has 0 unspecified atom stereocenters. The zero-order valence-corrected chi connectivity index (χ0v) is 16.7. The minimum atomic E-state index is -0.317. The molecule has 0 spiro atoms. The van der Waals surface area contributed by atoms with E-state index in [1.165, 1.54) is 7.11 Å². The minimum absolute atomic E-state index is 0. The van der Waals surface area contributed by atoms with E-state index in [2.05, 4.69) is 34.2 Å². The molecule has 0 aliphatic rings. The third-order valence-electron chi connectivity index (χ3n) is 3.77. The second-order valence-electron chi connectivity index (χ2n) is 5.18. The fourth-order valence-electron chi connectivity index (χ4n) is 2.10. The van der Waals surface area contributed by atoms with Crippen molar-refractivity contribution in [1.82, 2.24) is 10.6 Å². The van der Waals surface area contributed by atoms with Crippen molar-refractivity contribution >= 4 is 35.9 Å². The number of nitrogens with one attached hydrogen (secondary N) is 2. The fraction of sp³-hybridized carbons (Fsp3) is 0.529. The van der Waals surface area contributed by atoms with Crippen molar-refractivity contribution in [3.63, 3.8) is 0 Å². The average molecular weight is 433 g/mol. The molecule has 0 bridgehead atoms. The van der Waals surface area contributed by atoms with Crippen LogP contribution in [0, 0.1) is 5.92 Å². The number of halogens is 1. The van der Waals surface area contributed by atoms with E-state index >= 15 is 0 Å². The monoisotopic (exact) mass is 433 g/mol. The number of methoxy groups -OCH3 is 1. The Balaban J connectivity index is 0.00000484. The lowest BCUT2D eigenvalue weighted by Gasteiger charge is -2.16. The summed E-state index contributed by atoms with van der Waals surface area (Å²) in [4.78, 5) is 15.6. The van der Waals surface area contributed by atoms with Gasteiger partial charge in [0.15, 0.2) is 5.96 Å². The van der Waals surface area contributed by atoms with Crippen molar-refractivity contribution < 1.29 is 9.53 Å². The van der Waals surface area contributed by atoms with Crippen LogP contribution in [0.15, 0.2) is 29.3 Å². The highest BCUT2D eigenvalue weighted by Gasteiger charge is 2.06. The lowest BCUT2D eigenvalue weighted by molar-refractivity contribution is 0.0600. The van der Waals surface area contributed by atoms with E-state index in [1.807, 2.05) is 12.1 Å². The van der Waals surface area contributed by atoms with Crippen molar-refractivity contribution in [3.8, 4) is 0 Å². The van der Waals surface area contributed by atoms with E-state index in [0.29, 0.717) is 18.0 Å². The number of guanidine groups is 1. The van der Waals surface area contributed by atoms with Gasteiger partial charge in [0.2, 0.25) is 0 Å².